The van der Waals surface area contributed by atoms with E-state index in [1.807, 2.05) is 0 Å². The van der Waals surface area contributed by atoms with E-state index in [1.54, 1.807) is 6.07 Å². The number of azo groups is 1. The van der Waals surface area contributed by atoms with Gasteiger partial charge in [0.2, 0.25) is 0 Å². The van der Waals surface area contributed by atoms with E-state index in [9.17, 15) is 5.11 Å². The van der Waals surface area contributed by atoms with Crippen LogP contribution in [0.5, 0.6) is 5.75 Å². The Labute approximate surface area is 129 Å². The molecule has 0 radical (unpaired) electrons. The molecule has 0 saturated heterocycles. The quantitative estimate of drug-likeness (QED) is 0.499. The van der Waals surface area contributed by atoms with Crippen molar-refractivity contribution in [3.05, 3.63) is 50.4 Å². The number of aromatic hydroxyl groups is 1. The molecule has 0 unspecified atom stereocenters. The van der Waals surface area contributed by atoms with Crippen molar-refractivity contribution in [3.63, 3.8) is 0 Å². The first-order chi connectivity index (χ1) is 8.97. The number of hydrogen-bond donors (Lipinski definition) is 1. The minimum atomic E-state index is -0.0377. The first-order valence-corrected chi connectivity index (χ1v) is 6.53. The normalized spacial score (nSPS) is 11.2. The van der Waals surface area contributed by atoms with Gasteiger partial charge in [-0.25, -0.2) is 0 Å². The number of phenols is 1. The van der Waals surface area contributed by atoms with Crippen LogP contribution >= 0.6 is 46.4 Å². The molecule has 2 rings (SSSR count). The van der Waals surface area contributed by atoms with Crippen LogP contribution in [0.15, 0.2) is 40.6 Å². The molecule has 0 heterocycles. The molecule has 2 aromatic carbocycles. The Morgan fingerprint density at radius 2 is 1.37 bits per heavy atom. The van der Waals surface area contributed by atoms with E-state index in [0.717, 1.165) is 0 Å². The highest BCUT2D eigenvalue weighted by Crippen LogP contribution is 2.36. The predicted molar refractivity (Wildman–Crippen MR) is 78.8 cm³/mol. The number of hydrogen-bond acceptors (Lipinski definition) is 3. The summed E-state index contributed by atoms with van der Waals surface area (Å²) in [6, 6.07) is 7.40. The summed E-state index contributed by atoms with van der Waals surface area (Å²) in [5.74, 6) is -0.0377. The summed E-state index contributed by atoms with van der Waals surface area (Å²) in [7, 11) is 0. The zero-order chi connectivity index (χ0) is 14.0. The van der Waals surface area contributed by atoms with Crippen LogP contribution < -0.4 is 0 Å². The van der Waals surface area contributed by atoms with Crippen molar-refractivity contribution in [3.8, 4) is 5.75 Å². The Morgan fingerprint density at radius 1 is 0.737 bits per heavy atom. The number of nitrogens with zero attached hydrogens (tertiary/aromatic N) is 2. The fraction of sp³-hybridized carbons (Fsp3) is 0. The largest absolute Gasteiger partial charge is 0.506 e. The summed E-state index contributed by atoms with van der Waals surface area (Å²) in [5.41, 5.74) is 0.574. The van der Waals surface area contributed by atoms with Crippen LogP contribution in [-0.2, 0) is 0 Å². The Balaban J connectivity index is 2.38. The molecular formula is C12H6Cl4N2O. The maximum absolute atomic E-state index is 9.59. The summed E-state index contributed by atoms with van der Waals surface area (Å²) in [5, 5.41) is 18.8. The van der Waals surface area contributed by atoms with Gasteiger partial charge >= 0.3 is 0 Å². The molecule has 2 aromatic rings. The average Bonchev–Trinajstić information content (AvgIpc) is 2.36. The molecule has 1 N–H and O–H groups in total. The summed E-state index contributed by atoms with van der Waals surface area (Å²) < 4.78 is 0. The van der Waals surface area contributed by atoms with Gasteiger partial charge in [0, 0.05) is 5.02 Å². The van der Waals surface area contributed by atoms with E-state index in [4.69, 9.17) is 46.4 Å². The number of phenolic OH excluding ortho intramolecular Hbond substituents is 1. The first kappa shape index (κ1) is 14.4. The second-order valence-corrected chi connectivity index (χ2v) is 5.21. The second kappa shape index (κ2) is 5.97. The van der Waals surface area contributed by atoms with Crippen molar-refractivity contribution in [2.24, 2.45) is 10.2 Å². The standard InChI is InChI=1S/C12H6Cl4N2O/c13-6-1-2-12(19)11(3-6)18-17-10-5-8(15)7(14)4-9(10)16/h1-5,19H. The maximum atomic E-state index is 9.59. The lowest BCUT2D eigenvalue weighted by molar-refractivity contribution is 0.476. The number of benzene rings is 2. The van der Waals surface area contributed by atoms with Crippen LogP contribution in [0.25, 0.3) is 0 Å². The van der Waals surface area contributed by atoms with E-state index >= 15 is 0 Å². The minimum absolute atomic E-state index is 0.0377. The highest BCUT2D eigenvalue weighted by molar-refractivity contribution is 6.43. The van der Waals surface area contributed by atoms with Crippen molar-refractivity contribution in [1.82, 2.24) is 0 Å². The summed E-state index contributed by atoms with van der Waals surface area (Å²) in [4.78, 5) is 0. The van der Waals surface area contributed by atoms with Crippen LogP contribution in [0, 0.1) is 0 Å². The topological polar surface area (TPSA) is 45.0 Å². The molecule has 0 aliphatic carbocycles. The van der Waals surface area contributed by atoms with Gasteiger partial charge in [-0.1, -0.05) is 46.4 Å². The van der Waals surface area contributed by atoms with Gasteiger partial charge in [0.1, 0.15) is 17.1 Å². The van der Waals surface area contributed by atoms with Crippen molar-refractivity contribution in [2.45, 2.75) is 0 Å². The van der Waals surface area contributed by atoms with Crippen molar-refractivity contribution in [1.29, 1.82) is 0 Å². The van der Waals surface area contributed by atoms with Gasteiger partial charge in [-0.3, -0.25) is 0 Å². The third kappa shape index (κ3) is 3.51. The zero-order valence-electron chi connectivity index (χ0n) is 9.24. The van der Waals surface area contributed by atoms with Crippen LogP contribution in [0.2, 0.25) is 20.1 Å². The molecule has 0 atom stereocenters. The smallest absolute Gasteiger partial charge is 0.143 e. The lowest BCUT2D eigenvalue weighted by Crippen LogP contribution is -1.73. The van der Waals surface area contributed by atoms with E-state index in [1.165, 1.54) is 24.3 Å². The fourth-order valence-electron chi connectivity index (χ4n) is 1.27. The average molecular weight is 336 g/mol. The lowest BCUT2D eigenvalue weighted by atomic mass is 10.3. The Morgan fingerprint density at radius 3 is 2.11 bits per heavy atom. The zero-order valence-corrected chi connectivity index (χ0v) is 12.3. The second-order valence-electron chi connectivity index (χ2n) is 3.55. The third-order valence-corrected chi connectivity index (χ3v) is 3.45. The number of rotatable bonds is 2. The van der Waals surface area contributed by atoms with Crippen LogP contribution in [0.1, 0.15) is 0 Å². The van der Waals surface area contributed by atoms with Crippen LogP contribution in [0.3, 0.4) is 0 Å². The third-order valence-electron chi connectivity index (χ3n) is 2.19. The van der Waals surface area contributed by atoms with Gasteiger partial charge in [-0.2, -0.15) is 0 Å². The maximum Gasteiger partial charge on any atom is 0.143 e. The van der Waals surface area contributed by atoms with Crippen molar-refractivity contribution < 1.29 is 5.11 Å². The van der Waals surface area contributed by atoms with Crippen LogP contribution in [-0.4, -0.2) is 5.11 Å². The van der Waals surface area contributed by atoms with Gasteiger partial charge in [0.25, 0.3) is 0 Å². The predicted octanol–water partition coefficient (Wildman–Crippen LogP) is 6.42. The monoisotopic (exact) mass is 334 g/mol. The SMILES string of the molecule is Oc1ccc(Cl)cc1N=Nc1cc(Cl)c(Cl)cc1Cl. The molecule has 98 valence electrons. The Bertz CT molecular complexity index is 658. The Hall–Kier alpha value is -1.000. The van der Waals surface area contributed by atoms with E-state index < -0.39 is 0 Å². The molecule has 0 spiro atoms. The molecule has 0 amide bonds. The molecule has 3 nitrogen and oxygen atoms in total. The fourth-order valence-corrected chi connectivity index (χ4v) is 2.02. The molecule has 0 aromatic heterocycles. The van der Waals surface area contributed by atoms with E-state index in [0.29, 0.717) is 25.8 Å². The molecule has 19 heavy (non-hydrogen) atoms. The lowest BCUT2D eigenvalue weighted by Gasteiger charge is -2.01. The molecule has 7 heteroatoms. The van der Waals surface area contributed by atoms with Gasteiger partial charge in [-0.15, -0.1) is 10.2 Å². The molecular weight excluding hydrogens is 330 g/mol. The summed E-state index contributed by atoms with van der Waals surface area (Å²) in [6.07, 6.45) is 0. The molecule has 0 saturated carbocycles. The van der Waals surface area contributed by atoms with Crippen molar-refractivity contribution in [2.75, 3.05) is 0 Å². The first-order valence-electron chi connectivity index (χ1n) is 5.02. The highest BCUT2D eigenvalue weighted by Gasteiger charge is 2.06. The van der Waals surface area contributed by atoms with Crippen LogP contribution in [0.4, 0.5) is 11.4 Å². The minimum Gasteiger partial charge on any atom is -0.506 e. The number of halogens is 4. The van der Waals surface area contributed by atoms with Gasteiger partial charge in [0.05, 0.1) is 15.1 Å². The van der Waals surface area contributed by atoms with E-state index in [2.05, 4.69) is 10.2 Å². The van der Waals surface area contributed by atoms with E-state index in [-0.39, 0.29) is 11.4 Å². The highest BCUT2D eigenvalue weighted by atomic mass is 35.5. The summed E-state index contributed by atoms with van der Waals surface area (Å²) >= 11 is 23.4. The molecule has 0 aliphatic rings. The van der Waals surface area contributed by atoms with Crippen molar-refractivity contribution >= 4 is 57.8 Å². The van der Waals surface area contributed by atoms with Gasteiger partial charge < -0.3 is 5.11 Å². The van der Waals surface area contributed by atoms with Gasteiger partial charge in [-0.05, 0) is 30.3 Å². The molecule has 0 bridgehead atoms. The molecule has 0 aliphatic heterocycles. The molecule has 0 fully saturated rings. The van der Waals surface area contributed by atoms with Gasteiger partial charge in [0.15, 0.2) is 0 Å². The Kier molecular flexibility index (Phi) is 4.53. The summed E-state index contributed by atoms with van der Waals surface area (Å²) in [6.45, 7) is 0.